The molecule has 75 heavy (non-hydrogen) atoms. The van der Waals surface area contributed by atoms with Crippen LogP contribution >= 0.6 is 0 Å². The molecule has 0 radical (unpaired) electrons. The molecule has 0 aromatic carbocycles. The number of hydrogen-bond donors (Lipinski definition) is 13. The number of ether oxygens (including phenoxy) is 10. The molecule has 10 rings (SSSR count). The van der Waals surface area contributed by atoms with Crippen molar-refractivity contribution in [3.63, 3.8) is 0 Å². The van der Waals surface area contributed by atoms with E-state index >= 15 is 0 Å². The van der Waals surface area contributed by atoms with Crippen LogP contribution in [0, 0.1) is 46.3 Å². The Hall–Kier alpha value is -1.51. The minimum atomic E-state index is -2.05. The van der Waals surface area contributed by atoms with Crippen LogP contribution in [0.25, 0.3) is 0 Å². The Labute approximate surface area is 434 Å². The van der Waals surface area contributed by atoms with Crippen molar-refractivity contribution in [3.05, 3.63) is 11.6 Å². The number of ketones is 1. The van der Waals surface area contributed by atoms with Crippen LogP contribution in [0.5, 0.6) is 0 Å². The summed E-state index contributed by atoms with van der Waals surface area (Å²) < 4.78 is 61.1. The van der Waals surface area contributed by atoms with Gasteiger partial charge in [-0.25, -0.2) is 0 Å². The molecule has 0 amide bonds. The third kappa shape index (κ3) is 9.52. The highest BCUT2D eigenvalue weighted by molar-refractivity contribution is 5.87. The van der Waals surface area contributed by atoms with E-state index in [0.717, 1.165) is 31.3 Å². The number of hydrogen-bond acceptors (Lipinski definition) is 24. The fourth-order valence-corrected chi connectivity index (χ4v) is 15.2. The van der Waals surface area contributed by atoms with Crippen LogP contribution in [0.2, 0.25) is 0 Å². The highest BCUT2D eigenvalue weighted by Gasteiger charge is 2.71. The van der Waals surface area contributed by atoms with E-state index in [-0.39, 0.29) is 41.1 Å². The van der Waals surface area contributed by atoms with Crippen molar-refractivity contribution in [1.29, 1.82) is 0 Å². The van der Waals surface area contributed by atoms with Crippen molar-refractivity contribution < 1.29 is 119 Å². The van der Waals surface area contributed by atoms with Crippen LogP contribution in [0.15, 0.2) is 11.6 Å². The van der Waals surface area contributed by atoms with Gasteiger partial charge in [0, 0.05) is 30.1 Å². The summed E-state index contributed by atoms with van der Waals surface area (Å²) in [5.41, 5.74) is 0.329. The molecule has 6 heterocycles. The molecule has 10 aliphatic rings. The van der Waals surface area contributed by atoms with Crippen molar-refractivity contribution >= 4 is 5.78 Å². The molecule has 24 heteroatoms. The molecule has 0 aromatic rings. The van der Waals surface area contributed by atoms with Gasteiger partial charge in [0.2, 0.25) is 0 Å². The lowest BCUT2D eigenvalue weighted by Gasteiger charge is -2.58. The van der Waals surface area contributed by atoms with E-state index in [0.29, 0.717) is 44.0 Å². The van der Waals surface area contributed by atoms with Gasteiger partial charge in [-0.1, -0.05) is 39.3 Å². The van der Waals surface area contributed by atoms with Crippen molar-refractivity contribution in [2.45, 2.75) is 220 Å². The van der Waals surface area contributed by atoms with Crippen molar-refractivity contribution in [3.8, 4) is 0 Å². The summed E-state index contributed by atoms with van der Waals surface area (Å²) in [6.07, 6.45) is -29.0. The van der Waals surface area contributed by atoms with Gasteiger partial charge < -0.3 is 114 Å². The molecule has 0 aromatic heterocycles. The standard InChI is InChI=1S/C51H80O24/c1-19-7-10-51(66-18-19)20(2)32-26(75-51)12-25-23-6-5-21-11-22(8-9-49(21,3)24(23)13-31(56)50(25,32)4)67-45-41(65)38(62)42(30(17-55)71-45)72-48-44(74-47-40(64)37(61)34(58)28(15-53)69-47)43(35(59)29(16-54)70-48)73-46-39(63)36(60)33(57)27(14-52)68-46/h5,19-20,22-30,32-48,52-55,57-65H,6-18H2,1-4H3/t19-,20+,22+,23-,24+,25+,26+,27-,28-,29-,30-,32+,33-,34-,35-,36+,37+,38-,39-,40-,41-,42+,43+,44-,45-,46+,47+,48+,49+,50-,51-/m1/s1. The van der Waals surface area contributed by atoms with Gasteiger partial charge in [-0.2, -0.15) is 0 Å². The fourth-order valence-electron chi connectivity index (χ4n) is 15.2. The quantitative estimate of drug-likeness (QED) is 0.0833. The first kappa shape index (κ1) is 56.8. The number of allylic oxidation sites excluding steroid dienone is 1. The van der Waals surface area contributed by atoms with Gasteiger partial charge in [-0.05, 0) is 67.6 Å². The van der Waals surface area contributed by atoms with Crippen LogP contribution in [-0.4, -0.2) is 246 Å². The Bertz CT molecular complexity index is 2020. The molecule has 6 aliphatic heterocycles. The maximum atomic E-state index is 14.7. The summed E-state index contributed by atoms with van der Waals surface area (Å²) >= 11 is 0. The minimum Gasteiger partial charge on any atom is -0.394 e. The van der Waals surface area contributed by atoms with E-state index in [2.05, 4.69) is 33.8 Å². The van der Waals surface area contributed by atoms with E-state index in [4.69, 9.17) is 47.4 Å². The molecule has 0 bridgehead atoms. The first-order valence-electron chi connectivity index (χ1n) is 27.0. The Kier molecular flexibility index (Phi) is 16.5. The molecule has 31 atom stereocenters. The second kappa shape index (κ2) is 21.8. The number of carbonyl (C=O) groups is 1. The van der Waals surface area contributed by atoms with Crippen molar-refractivity contribution in [1.82, 2.24) is 0 Å². The fraction of sp³-hybridized carbons (Fsp3) is 0.941. The molecule has 0 unspecified atom stereocenters. The normalized spacial score (nSPS) is 56.0. The van der Waals surface area contributed by atoms with Gasteiger partial charge in [-0.3, -0.25) is 4.79 Å². The number of rotatable bonds is 12. The summed E-state index contributed by atoms with van der Waals surface area (Å²) in [5, 5.41) is 140. The van der Waals surface area contributed by atoms with Crippen molar-refractivity contribution in [2.24, 2.45) is 46.3 Å². The molecular formula is C51H80O24. The van der Waals surface area contributed by atoms with Gasteiger partial charge >= 0.3 is 0 Å². The average Bonchev–Trinajstić information content (AvgIpc) is 3.87. The van der Waals surface area contributed by atoms with Crippen molar-refractivity contribution in [2.75, 3.05) is 33.0 Å². The van der Waals surface area contributed by atoms with Crippen LogP contribution < -0.4 is 0 Å². The Morgan fingerprint density at radius 3 is 1.73 bits per heavy atom. The first-order chi connectivity index (χ1) is 35.6. The van der Waals surface area contributed by atoms with Crippen LogP contribution in [0.1, 0.15) is 79.1 Å². The molecule has 428 valence electrons. The lowest BCUT2D eigenvalue weighted by Crippen LogP contribution is -2.68. The van der Waals surface area contributed by atoms with Gasteiger partial charge in [-0.15, -0.1) is 0 Å². The molecule has 9 fully saturated rings. The number of carbonyl (C=O) groups excluding carboxylic acids is 1. The Morgan fingerprint density at radius 1 is 0.587 bits per heavy atom. The SMILES string of the molecule is C[C@@H]1CC[C@@]2(OC1)O[C@H]1C[C@H]3[C@@H]4CC=C5C[C@@H](O[C@@H]6O[C@H](CO)[C@H](O[C@@H]7O[C@H](CO)[C@@H](O)[C@H](O[C@@H]8O[C@H](CO)[C@@H](O)[C@H](O)[C@H]8O)[C@H]7O[C@@H]7O[C@H](CO)[C@@H](O)[C@H](O)[C@H]7O)[C@H](O)[C@H]6O)CC[C@]5(C)[C@H]4CC(=O)[C@]3(C)[C@H]1[C@@H]2C. The molecule has 13 N–H and O–H groups in total. The summed E-state index contributed by atoms with van der Waals surface area (Å²) in [5.74, 6) is 0.867. The molecular weight excluding hydrogens is 997 g/mol. The number of fused-ring (bicyclic) bond motifs is 7. The minimum absolute atomic E-state index is 0.0405. The van der Waals surface area contributed by atoms with Gasteiger partial charge in [0.1, 0.15) is 103 Å². The summed E-state index contributed by atoms with van der Waals surface area (Å²) in [6.45, 7) is 5.99. The topological polar surface area (TPSA) is 372 Å². The van der Waals surface area contributed by atoms with E-state index in [1.54, 1.807) is 0 Å². The van der Waals surface area contributed by atoms with Crippen LogP contribution in [0.3, 0.4) is 0 Å². The lowest BCUT2D eigenvalue weighted by atomic mass is 9.46. The average molecular weight is 1080 g/mol. The summed E-state index contributed by atoms with van der Waals surface area (Å²) in [6, 6.07) is 0. The van der Waals surface area contributed by atoms with Gasteiger partial charge in [0.25, 0.3) is 0 Å². The number of aliphatic hydroxyl groups excluding tert-OH is 13. The summed E-state index contributed by atoms with van der Waals surface area (Å²) in [7, 11) is 0. The monoisotopic (exact) mass is 1080 g/mol. The van der Waals surface area contributed by atoms with Gasteiger partial charge in [0.05, 0.1) is 45.2 Å². The lowest BCUT2D eigenvalue weighted by molar-refractivity contribution is -0.406. The third-order valence-electron chi connectivity index (χ3n) is 19.7. The maximum absolute atomic E-state index is 14.7. The van der Waals surface area contributed by atoms with Crippen LogP contribution in [-0.2, 0) is 52.2 Å². The second-order valence-electron chi connectivity index (χ2n) is 23.8. The highest BCUT2D eigenvalue weighted by atomic mass is 16.8. The Morgan fingerprint density at radius 2 is 1.13 bits per heavy atom. The zero-order chi connectivity index (χ0) is 53.8. The number of Topliss-reactive ketones (excluding diaryl/α,β-unsaturated/α-hetero) is 1. The highest BCUT2D eigenvalue weighted by Crippen LogP contribution is 2.70. The van der Waals surface area contributed by atoms with Gasteiger partial charge in [0.15, 0.2) is 30.9 Å². The first-order valence-corrected chi connectivity index (χ1v) is 27.0. The number of aliphatic hydroxyl groups is 13. The van der Waals surface area contributed by atoms with Crippen LogP contribution in [0.4, 0.5) is 0 Å². The predicted molar refractivity (Wildman–Crippen MR) is 249 cm³/mol. The molecule has 24 nitrogen and oxygen atoms in total. The second-order valence-corrected chi connectivity index (χ2v) is 23.8. The third-order valence-corrected chi connectivity index (χ3v) is 19.7. The zero-order valence-corrected chi connectivity index (χ0v) is 42.7. The largest absolute Gasteiger partial charge is 0.394 e. The Balaban J connectivity index is 0.839. The van der Waals surface area contributed by atoms with E-state index in [1.165, 1.54) is 0 Å². The molecule has 6 saturated heterocycles. The predicted octanol–water partition coefficient (Wildman–Crippen LogP) is -3.81. The van der Waals surface area contributed by atoms with E-state index in [9.17, 15) is 71.2 Å². The van der Waals surface area contributed by atoms with E-state index in [1.807, 2.05) is 0 Å². The summed E-state index contributed by atoms with van der Waals surface area (Å²) in [4.78, 5) is 14.7. The smallest absolute Gasteiger partial charge is 0.187 e. The molecule has 1 spiro atoms. The molecule has 3 saturated carbocycles. The maximum Gasteiger partial charge on any atom is 0.187 e. The van der Waals surface area contributed by atoms with E-state index < -0.39 is 167 Å². The zero-order valence-electron chi connectivity index (χ0n) is 42.7. The molecule has 4 aliphatic carbocycles.